The van der Waals surface area contributed by atoms with Crippen LogP contribution in [-0.4, -0.2) is 60.8 Å². The Morgan fingerprint density at radius 3 is 2.60 bits per heavy atom. The fraction of sp³-hybridized carbons (Fsp3) is 0.824. The molecule has 0 spiro atoms. The molecular formula is C17H30N4O4. The molecule has 4 N–H and O–H groups in total. The topological polar surface area (TPSA) is 111 Å². The van der Waals surface area contributed by atoms with Crippen molar-refractivity contribution in [2.24, 2.45) is 11.8 Å². The summed E-state index contributed by atoms with van der Waals surface area (Å²) in [6, 6.07) is -0.342. The van der Waals surface area contributed by atoms with Crippen molar-refractivity contribution in [3.8, 4) is 0 Å². The Morgan fingerprint density at radius 1 is 1.16 bits per heavy atom. The lowest BCUT2D eigenvalue weighted by atomic mass is 9.89. The number of likely N-dealkylation sites (tertiary alicyclic amines) is 1. The van der Waals surface area contributed by atoms with Crippen molar-refractivity contribution in [3.63, 3.8) is 0 Å². The van der Waals surface area contributed by atoms with Crippen LogP contribution < -0.4 is 16.0 Å². The van der Waals surface area contributed by atoms with Crippen molar-refractivity contribution in [3.05, 3.63) is 0 Å². The minimum absolute atomic E-state index is 0.0132. The highest BCUT2D eigenvalue weighted by molar-refractivity contribution is 5.87. The number of carbonyl (C=O) groups excluding carboxylic acids is 3. The van der Waals surface area contributed by atoms with Gasteiger partial charge in [-0.25, -0.2) is 4.79 Å². The molecule has 0 aromatic heterocycles. The van der Waals surface area contributed by atoms with E-state index in [1.807, 2.05) is 4.90 Å². The second-order valence-corrected chi connectivity index (χ2v) is 6.89. The number of amides is 4. The molecule has 0 saturated carbocycles. The van der Waals surface area contributed by atoms with Gasteiger partial charge in [-0.1, -0.05) is 12.8 Å². The predicted octanol–water partition coefficient (Wildman–Crippen LogP) is 0.171. The van der Waals surface area contributed by atoms with Gasteiger partial charge in [0.15, 0.2) is 0 Å². The van der Waals surface area contributed by atoms with Crippen LogP contribution in [0.2, 0.25) is 0 Å². The van der Waals surface area contributed by atoms with Crippen LogP contribution in [0.3, 0.4) is 0 Å². The van der Waals surface area contributed by atoms with Crippen molar-refractivity contribution in [1.82, 2.24) is 20.9 Å². The van der Waals surface area contributed by atoms with Gasteiger partial charge in [0, 0.05) is 38.5 Å². The molecule has 0 bridgehead atoms. The number of hydrogen-bond donors (Lipinski definition) is 4. The molecule has 25 heavy (non-hydrogen) atoms. The first-order valence-corrected chi connectivity index (χ1v) is 9.28. The third-order valence-corrected chi connectivity index (χ3v) is 5.09. The number of nitrogens with one attached hydrogen (secondary N) is 3. The Kier molecular flexibility index (Phi) is 7.97. The van der Waals surface area contributed by atoms with Crippen LogP contribution in [0.15, 0.2) is 0 Å². The lowest BCUT2D eigenvalue weighted by Gasteiger charge is -2.35. The normalized spacial score (nSPS) is 21.6. The van der Waals surface area contributed by atoms with E-state index >= 15 is 0 Å². The smallest absolute Gasteiger partial charge is 0.316 e. The molecule has 4 amide bonds. The average molecular weight is 354 g/mol. The first-order chi connectivity index (χ1) is 12.1. The largest absolute Gasteiger partial charge is 0.376 e. The summed E-state index contributed by atoms with van der Waals surface area (Å²) < 4.78 is 0. The van der Waals surface area contributed by atoms with E-state index < -0.39 is 0 Å². The van der Waals surface area contributed by atoms with E-state index in [-0.39, 0.29) is 30.5 Å². The van der Waals surface area contributed by atoms with E-state index in [0.29, 0.717) is 25.4 Å². The zero-order chi connectivity index (χ0) is 18.1. The van der Waals surface area contributed by atoms with E-state index in [2.05, 4.69) is 16.0 Å². The fourth-order valence-corrected chi connectivity index (χ4v) is 3.59. The van der Waals surface area contributed by atoms with Gasteiger partial charge in [0.2, 0.25) is 11.8 Å². The van der Waals surface area contributed by atoms with Gasteiger partial charge in [0.25, 0.3) is 0 Å². The fourth-order valence-electron chi connectivity index (χ4n) is 3.59. The summed E-state index contributed by atoms with van der Waals surface area (Å²) in [6.07, 6.45) is 6.18. The van der Waals surface area contributed by atoms with Crippen molar-refractivity contribution in [1.29, 1.82) is 0 Å². The molecule has 142 valence electrons. The molecule has 8 nitrogen and oxygen atoms in total. The van der Waals surface area contributed by atoms with Gasteiger partial charge in [-0.2, -0.15) is 0 Å². The molecular weight excluding hydrogens is 324 g/mol. The van der Waals surface area contributed by atoms with Gasteiger partial charge in [-0.15, -0.1) is 0 Å². The first-order valence-electron chi connectivity index (χ1n) is 9.28. The molecule has 2 fully saturated rings. The maximum Gasteiger partial charge on any atom is 0.316 e. The quantitative estimate of drug-likeness (QED) is 0.386. The monoisotopic (exact) mass is 354 g/mol. The van der Waals surface area contributed by atoms with Gasteiger partial charge in [-0.3, -0.25) is 9.59 Å². The molecule has 1 atom stereocenters. The van der Waals surface area contributed by atoms with Crippen LogP contribution in [0, 0.1) is 11.8 Å². The Morgan fingerprint density at radius 2 is 1.92 bits per heavy atom. The number of piperidine rings is 2. The van der Waals surface area contributed by atoms with E-state index in [1.165, 1.54) is 0 Å². The molecule has 8 heteroatoms. The number of unbranched alkanes of at least 4 members (excludes halogenated alkanes) is 1. The number of hydrogen-bond acceptors (Lipinski definition) is 4. The third kappa shape index (κ3) is 6.53. The standard InChI is InChI=1S/C17H30N4O4/c22-12-20-17(25)19-7-2-1-3-13-5-9-21(10-6-13)16(24)14-4-8-18-15(23)11-14/h13-14,22H,1-12H2,(H,18,23)(H2,19,20,25). The maximum absolute atomic E-state index is 12.5. The van der Waals surface area contributed by atoms with Gasteiger partial charge in [0.05, 0.1) is 0 Å². The Labute approximate surface area is 148 Å². The molecule has 2 heterocycles. The molecule has 2 saturated heterocycles. The summed E-state index contributed by atoms with van der Waals surface area (Å²) in [5, 5.41) is 16.3. The summed E-state index contributed by atoms with van der Waals surface area (Å²) >= 11 is 0. The lowest BCUT2D eigenvalue weighted by molar-refractivity contribution is -0.141. The molecule has 1 unspecified atom stereocenters. The van der Waals surface area contributed by atoms with E-state index in [9.17, 15) is 14.4 Å². The maximum atomic E-state index is 12.5. The number of carbonyl (C=O) groups is 3. The number of urea groups is 1. The number of aliphatic hydroxyl groups excluding tert-OH is 1. The highest BCUT2D eigenvalue weighted by atomic mass is 16.3. The highest BCUT2D eigenvalue weighted by Crippen LogP contribution is 2.25. The van der Waals surface area contributed by atoms with Crippen molar-refractivity contribution in [2.75, 3.05) is 32.9 Å². The summed E-state index contributed by atoms with van der Waals surface area (Å²) in [5.74, 6) is 0.625. The van der Waals surface area contributed by atoms with Crippen molar-refractivity contribution >= 4 is 17.8 Å². The molecule has 2 rings (SSSR count). The van der Waals surface area contributed by atoms with Gasteiger partial charge < -0.3 is 26.0 Å². The van der Waals surface area contributed by atoms with E-state index in [0.717, 1.165) is 51.6 Å². The molecule has 0 aromatic carbocycles. The van der Waals surface area contributed by atoms with Crippen molar-refractivity contribution in [2.45, 2.75) is 44.9 Å². The minimum atomic E-state index is -0.353. The van der Waals surface area contributed by atoms with Gasteiger partial charge in [-0.05, 0) is 31.6 Å². The SMILES string of the molecule is O=C1CC(C(=O)N2CCC(CCCCNC(=O)NCO)CC2)CCN1. The number of aliphatic hydroxyl groups is 1. The summed E-state index contributed by atoms with van der Waals surface area (Å²) in [4.78, 5) is 37.0. The summed E-state index contributed by atoms with van der Waals surface area (Å²) in [7, 11) is 0. The Hall–Kier alpha value is -1.83. The lowest BCUT2D eigenvalue weighted by Crippen LogP contribution is -2.46. The van der Waals surface area contributed by atoms with Crippen molar-refractivity contribution < 1.29 is 19.5 Å². The van der Waals surface area contributed by atoms with Crippen LogP contribution in [0.1, 0.15) is 44.9 Å². The van der Waals surface area contributed by atoms with E-state index in [4.69, 9.17) is 5.11 Å². The number of rotatable bonds is 7. The number of nitrogens with zero attached hydrogens (tertiary/aromatic N) is 1. The molecule has 0 aromatic rings. The van der Waals surface area contributed by atoms with Crippen LogP contribution in [0.4, 0.5) is 4.79 Å². The Balaban J connectivity index is 1.57. The molecule has 2 aliphatic heterocycles. The van der Waals surface area contributed by atoms with Crippen LogP contribution in [0.5, 0.6) is 0 Å². The summed E-state index contributed by atoms with van der Waals surface area (Å²) in [6.45, 7) is 2.44. The second kappa shape index (κ2) is 10.2. The van der Waals surface area contributed by atoms with E-state index in [1.54, 1.807) is 0 Å². The second-order valence-electron chi connectivity index (χ2n) is 6.89. The minimum Gasteiger partial charge on any atom is -0.376 e. The van der Waals surface area contributed by atoms with Crippen LogP contribution >= 0.6 is 0 Å². The van der Waals surface area contributed by atoms with Gasteiger partial charge in [0.1, 0.15) is 6.73 Å². The Bertz CT molecular complexity index is 464. The predicted molar refractivity (Wildman–Crippen MR) is 92.5 cm³/mol. The van der Waals surface area contributed by atoms with Crippen LogP contribution in [0.25, 0.3) is 0 Å². The van der Waals surface area contributed by atoms with Crippen LogP contribution in [-0.2, 0) is 9.59 Å². The van der Waals surface area contributed by atoms with Gasteiger partial charge >= 0.3 is 6.03 Å². The zero-order valence-electron chi connectivity index (χ0n) is 14.8. The molecule has 2 aliphatic rings. The average Bonchev–Trinajstić information content (AvgIpc) is 2.61. The highest BCUT2D eigenvalue weighted by Gasteiger charge is 2.31. The third-order valence-electron chi connectivity index (χ3n) is 5.09. The summed E-state index contributed by atoms with van der Waals surface area (Å²) in [5.41, 5.74) is 0. The zero-order valence-corrected chi connectivity index (χ0v) is 14.8. The molecule has 0 radical (unpaired) electrons. The first kappa shape index (κ1) is 19.5. The molecule has 0 aliphatic carbocycles.